The summed E-state index contributed by atoms with van der Waals surface area (Å²) < 4.78 is 0. The van der Waals surface area contributed by atoms with Gasteiger partial charge in [0, 0.05) is 16.5 Å². The molecule has 0 unspecified atom stereocenters. The van der Waals surface area contributed by atoms with E-state index in [0.717, 1.165) is 48.9 Å². The zero-order valence-corrected chi connectivity index (χ0v) is 16.1. The molecule has 0 radical (unpaired) electrons. The molecule has 0 aliphatic carbocycles. The van der Waals surface area contributed by atoms with Gasteiger partial charge in [0.05, 0.1) is 22.0 Å². The van der Waals surface area contributed by atoms with E-state index < -0.39 is 0 Å². The molecule has 1 N–H and O–H groups in total. The third kappa shape index (κ3) is 2.80. The summed E-state index contributed by atoms with van der Waals surface area (Å²) in [6, 6.07) is 22.2. The SMILES string of the molecule is Cc1cc(-c2ccccc2)nc2sc3c(c12)NC(=O)CN=C3c1ccccc1. The molecule has 0 saturated heterocycles. The van der Waals surface area contributed by atoms with E-state index >= 15 is 0 Å². The Kier molecular flexibility index (Phi) is 4.02. The lowest BCUT2D eigenvalue weighted by Crippen LogP contribution is -2.13. The van der Waals surface area contributed by atoms with Crippen LogP contribution < -0.4 is 5.32 Å². The van der Waals surface area contributed by atoms with Crippen LogP contribution in [0.5, 0.6) is 0 Å². The summed E-state index contributed by atoms with van der Waals surface area (Å²) in [5.41, 5.74) is 5.79. The van der Waals surface area contributed by atoms with Crippen LogP contribution in [0.2, 0.25) is 0 Å². The van der Waals surface area contributed by atoms with Crippen LogP contribution in [-0.4, -0.2) is 23.1 Å². The van der Waals surface area contributed by atoms with E-state index in [9.17, 15) is 4.79 Å². The summed E-state index contributed by atoms with van der Waals surface area (Å²) in [5, 5.41) is 4.06. The molecule has 4 aromatic rings. The van der Waals surface area contributed by atoms with E-state index in [4.69, 9.17) is 4.98 Å². The Morgan fingerprint density at radius 2 is 1.64 bits per heavy atom. The fourth-order valence-corrected chi connectivity index (χ4v) is 4.78. The quantitative estimate of drug-likeness (QED) is 0.526. The highest BCUT2D eigenvalue weighted by Crippen LogP contribution is 2.40. The fraction of sp³-hybridized carbons (Fsp3) is 0.0870. The molecule has 0 bridgehead atoms. The van der Waals surface area contributed by atoms with Gasteiger partial charge in [-0.1, -0.05) is 60.7 Å². The normalized spacial score (nSPS) is 13.6. The molecule has 4 nitrogen and oxygen atoms in total. The zero-order valence-electron chi connectivity index (χ0n) is 15.3. The van der Waals surface area contributed by atoms with Crippen LogP contribution in [0.4, 0.5) is 5.69 Å². The van der Waals surface area contributed by atoms with E-state index in [-0.39, 0.29) is 12.5 Å². The number of aromatic nitrogens is 1. The Hall–Kier alpha value is -3.31. The second kappa shape index (κ2) is 6.69. The molecule has 0 atom stereocenters. The van der Waals surface area contributed by atoms with Crippen molar-refractivity contribution < 1.29 is 4.79 Å². The molecule has 1 amide bonds. The molecule has 0 saturated carbocycles. The van der Waals surface area contributed by atoms with Gasteiger partial charge in [-0.15, -0.1) is 11.3 Å². The predicted octanol–water partition coefficient (Wildman–Crippen LogP) is 5.06. The number of hydrogen-bond donors (Lipinski definition) is 1. The van der Waals surface area contributed by atoms with Crippen LogP contribution in [0.15, 0.2) is 71.7 Å². The number of carbonyl (C=O) groups excluding carboxylic acids is 1. The maximum absolute atomic E-state index is 12.3. The van der Waals surface area contributed by atoms with Gasteiger partial charge in [0.2, 0.25) is 5.91 Å². The van der Waals surface area contributed by atoms with Gasteiger partial charge in [-0.25, -0.2) is 4.98 Å². The lowest BCUT2D eigenvalue weighted by atomic mass is 10.0. The lowest BCUT2D eigenvalue weighted by molar-refractivity contribution is -0.114. The number of carbonyl (C=O) groups is 1. The molecule has 2 aromatic carbocycles. The van der Waals surface area contributed by atoms with Crippen LogP contribution >= 0.6 is 11.3 Å². The monoisotopic (exact) mass is 383 g/mol. The van der Waals surface area contributed by atoms with Gasteiger partial charge < -0.3 is 5.32 Å². The number of aryl methyl sites for hydroxylation is 1. The highest BCUT2D eigenvalue weighted by Gasteiger charge is 2.25. The van der Waals surface area contributed by atoms with Crippen molar-refractivity contribution in [1.29, 1.82) is 0 Å². The van der Waals surface area contributed by atoms with Gasteiger partial charge >= 0.3 is 0 Å². The van der Waals surface area contributed by atoms with E-state index in [2.05, 4.69) is 35.4 Å². The third-order valence-electron chi connectivity index (χ3n) is 4.84. The Balaban J connectivity index is 1.75. The number of hydrogen-bond acceptors (Lipinski definition) is 4. The number of aliphatic imine (C=N–C) groups is 1. The smallest absolute Gasteiger partial charge is 0.246 e. The highest BCUT2D eigenvalue weighted by molar-refractivity contribution is 7.21. The predicted molar refractivity (Wildman–Crippen MR) is 115 cm³/mol. The van der Waals surface area contributed by atoms with Crippen LogP contribution in [-0.2, 0) is 4.79 Å². The lowest BCUT2D eigenvalue weighted by Gasteiger charge is -2.07. The van der Waals surface area contributed by atoms with Crippen LogP contribution in [0.25, 0.3) is 21.5 Å². The van der Waals surface area contributed by atoms with Crippen molar-refractivity contribution in [2.75, 3.05) is 11.9 Å². The van der Waals surface area contributed by atoms with Crippen LogP contribution in [0.1, 0.15) is 16.0 Å². The second-order valence-electron chi connectivity index (χ2n) is 6.76. The summed E-state index contributed by atoms with van der Waals surface area (Å²) >= 11 is 1.58. The standard InChI is InChI=1S/C23H17N3OS/c1-14-12-17(15-8-4-2-5-9-15)25-23-19(14)21-22(28-23)20(24-13-18(27)26-21)16-10-6-3-7-11-16/h2-12H,13H2,1H3,(H,26,27). The summed E-state index contributed by atoms with van der Waals surface area (Å²) in [4.78, 5) is 23.7. The first kappa shape index (κ1) is 16.8. The van der Waals surface area contributed by atoms with Crippen LogP contribution in [0.3, 0.4) is 0 Å². The van der Waals surface area contributed by atoms with Crippen molar-refractivity contribution in [2.45, 2.75) is 6.92 Å². The molecule has 2 aromatic heterocycles. The van der Waals surface area contributed by atoms with Gasteiger partial charge in [-0.2, -0.15) is 0 Å². The average molecular weight is 383 g/mol. The van der Waals surface area contributed by atoms with Crippen molar-refractivity contribution in [2.24, 2.45) is 4.99 Å². The average Bonchev–Trinajstić information content (AvgIpc) is 2.99. The van der Waals surface area contributed by atoms with Crippen molar-refractivity contribution in [3.8, 4) is 11.3 Å². The number of benzene rings is 2. The molecule has 3 heterocycles. The minimum Gasteiger partial charge on any atom is -0.323 e. The van der Waals surface area contributed by atoms with E-state index in [0.29, 0.717) is 0 Å². The largest absolute Gasteiger partial charge is 0.323 e. The van der Waals surface area contributed by atoms with Crippen molar-refractivity contribution >= 4 is 38.9 Å². The summed E-state index contributed by atoms with van der Waals surface area (Å²) in [7, 11) is 0. The molecule has 0 spiro atoms. The van der Waals surface area contributed by atoms with Crippen LogP contribution in [0, 0.1) is 6.92 Å². The van der Waals surface area contributed by atoms with Gasteiger partial charge in [0.25, 0.3) is 0 Å². The fourth-order valence-electron chi connectivity index (χ4n) is 3.55. The molecule has 1 aliphatic heterocycles. The number of pyridine rings is 1. The summed E-state index contributed by atoms with van der Waals surface area (Å²) in [6.07, 6.45) is 0. The Bertz CT molecular complexity index is 1230. The number of amides is 1. The summed E-state index contributed by atoms with van der Waals surface area (Å²) in [6.45, 7) is 2.20. The molecule has 5 rings (SSSR count). The summed E-state index contributed by atoms with van der Waals surface area (Å²) in [5.74, 6) is -0.0987. The second-order valence-corrected chi connectivity index (χ2v) is 7.75. The maximum Gasteiger partial charge on any atom is 0.246 e. The van der Waals surface area contributed by atoms with Gasteiger partial charge in [-0.05, 0) is 18.6 Å². The molecule has 28 heavy (non-hydrogen) atoms. The topological polar surface area (TPSA) is 54.4 Å². The Morgan fingerprint density at radius 1 is 0.964 bits per heavy atom. The highest BCUT2D eigenvalue weighted by atomic mass is 32.1. The number of anilines is 1. The van der Waals surface area contributed by atoms with Crippen molar-refractivity contribution in [3.05, 3.63) is 82.7 Å². The van der Waals surface area contributed by atoms with E-state index in [1.54, 1.807) is 11.3 Å². The third-order valence-corrected chi connectivity index (χ3v) is 5.93. The Labute approximate surface area is 166 Å². The molecular weight excluding hydrogens is 366 g/mol. The molecule has 5 heteroatoms. The minimum atomic E-state index is -0.0987. The molecule has 136 valence electrons. The first-order valence-corrected chi connectivity index (χ1v) is 9.92. The van der Waals surface area contributed by atoms with Crippen molar-refractivity contribution in [1.82, 2.24) is 4.98 Å². The minimum absolute atomic E-state index is 0.0987. The first-order chi connectivity index (χ1) is 13.7. The van der Waals surface area contributed by atoms with E-state index in [1.807, 2.05) is 48.5 Å². The molecular formula is C23H17N3OS. The molecule has 1 aliphatic rings. The maximum atomic E-state index is 12.3. The van der Waals surface area contributed by atoms with Gasteiger partial charge in [0.1, 0.15) is 11.4 Å². The molecule has 0 fully saturated rings. The number of thiophene rings is 1. The number of nitrogens with zero attached hydrogens (tertiary/aromatic N) is 2. The van der Waals surface area contributed by atoms with Gasteiger partial charge in [0.15, 0.2) is 0 Å². The van der Waals surface area contributed by atoms with Crippen molar-refractivity contribution in [3.63, 3.8) is 0 Å². The Morgan fingerprint density at radius 3 is 2.36 bits per heavy atom. The zero-order chi connectivity index (χ0) is 19.1. The first-order valence-electron chi connectivity index (χ1n) is 9.10. The number of rotatable bonds is 2. The van der Waals surface area contributed by atoms with Gasteiger partial charge in [-0.3, -0.25) is 9.79 Å². The number of fused-ring (bicyclic) bond motifs is 3. The number of nitrogens with one attached hydrogen (secondary N) is 1. The van der Waals surface area contributed by atoms with E-state index in [1.165, 1.54) is 0 Å².